The Hall–Kier alpha value is -2.70. The molecule has 1 aliphatic heterocycles. The van der Waals surface area contributed by atoms with Crippen LogP contribution in [0.2, 0.25) is 0 Å². The first-order chi connectivity index (χ1) is 18.1. The summed E-state index contributed by atoms with van der Waals surface area (Å²) >= 11 is 0. The summed E-state index contributed by atoms with van der Waals surface area (Å²) in [4.78, 5) is 12.8. The molecule has 0 bridgehead atoms. The van der Waals surface area contributed by atoms with Gasteiger partial charge in [-0.05, 0) is 42.2 Å². The van der Waals surface area contributed by atoms with Crippen LogP contribution in [-0.2, 0) is 25.9 Å². The fraction of sp³-hybridized carbons (Fsp3) is 0.519. The molecule has 2 aromatic rings. The van der Waals surface area contributed by atoms with Crippen molar-refractivity contribution in [1.82, 2.24) is 9.62 Å². The van der Waals surface area contributed by atoms with Gasteiger partial charge >= 0.3 is 6.09 Å². The van der Waals surface area contributed by atoms with Gasteiger partial charge in [0, 0.05) is 19.5 Å². The number of alkyl carbamates (subject to hydrolysis) is 1. The summed E-state index contributed by atoms with van der Waals surface area (Å²) in [5.74, 6) is 0.513. The monoisotopic (exact) mass is 550 g/mol. The van der Waals surface area contributed by atoms with E-state index in [1.54, 1.807) is 12.1 Å². The Morgan fingerprint density at radius 1 is 1.11 bits per heavy atom. The minimum Gasteiger partial charge on any atom is -0.497 e. The van der Waals surface area contributed by atoms with Crippen molar-refractivity contribution in [1.29, 1.82) is 0 Å². The number of hydrogen-bond acceptors (Lipinski definition) is 8. The minimum atomic E-state index is -3.95. The Labute approximate surface area is 224 Å². The van der Waals surface area contributed by atoms with E-state index in [0.717, 1.165) is 5.56 Å². The third kappa shape index (κ3) is 8.67. The van der Waals surface area contributed by atoms with Crippen molar-refractivity contribution in [3.63, 3.8) is 0 Å². The van der Waals surface area contributed by atoms with Gasteiger partial charge in [-0.15, -0.1) is 0 Å². The molecular formula is C27H38N2O8S. The molecule has 1 aliphatic rings. The number of hydrogen-bond donors (Lipinski definition) is 3. The van der Waals surface area contributed by atoms with E-state index in [1.807, 2.05) is 44.2 Å². The Morgan fingerprint density at radius 3 is 2.39 bits per heavy atom. The maximum Gasteiger partial charge on any atom is 0.407 e. The van der Waals surface area contributed by atoms with Crippen LogP contribution in [0.1, 0.15) is 25.8 Å². The fourth-order valence-electron chi connectivity index (χ4n) is 4.26. The third-order valence-electron chi connectivity index (χ3n) is 6.15. The molecule has 0 aliphatic carbocycles. The number of carbonyl (C=O) groups excluding carboxylic acids is 1. The van der Waals surface area contributed by atoms with Crippen molar-refractivity contribution in [3.05, 3.63) is 60.2 Å². The summed E-state index contributed by atoms with van der Waals surface area (Å²) in [6.07, 6.45) is -2.87. The van der Waals surface area contributed by atoms with Crippen molar-refractivity contribution in [3.8, 4) is 5.75 Å². The molecule has 2 unspecified atom stereocenters. The molecule has 1 saturated heterocycles. The van der Waals surface area contributed by atoms with Crippen molar-refractivity contribution in [2.75, 3.05) is 33.4 Å². The topological polar surface area (TPSA) is 135 Å². The van der Waals surface area contributed by atoms with Crippen LogP contribution < -0.4 is 10.1 Å². The molecule has 1 amide bonds. The highest BCUT2D eigenvalue weighted by Crippen LogP contribution is 2.22. The normalized spacial score (nSPS) is 19.7. The lowest BCUT2D eigenvalue weighted by Crippen LogP contribution is -2.52. The first-order valence-electron chi connectivity index (χ1n) is 12.7. The van der Waals surface area contributed by atoms with Crippen LogP contribution in [0.15, 0.2) is 59.5 Å². The van der Waals surface area contributed by atoms with Gasteiger partial charge in [0.05, 0.1) is 43.5 Å². The molecule has 0 spiro atoms. The van der Waals surface area contributed by atoms with E-state index in [4.69, 9.17) is 14.2 Å². The zero-order valence-corrected chi connectivity index (χ0v) is 22.8. The van der Waals surface area contributed by atoms with Crippen LogP contribution in [0, 0.1) is 5.92 Å². The van der Waals surface area contributed by atoms with Crippen LogP contribution in [-0.4, -0.2) is 86.8 Å². The molecule has 2 aromatic carbocycles. The first kappa shape index (κ1) is 29.9. The van der Waals surface area contributed by atoms with Crippen LogP contribution in [0.5, 0.6) is 5.75 Å². The molecule has 0 radical (unpaired) electrons. The molecule has 1 fully saturated rings. The van der Waals surface area contributed by atoms with E-state index in [0.29, 0.717) is 5.75 Å². The van der Waals surface area contributed by atoms with Crippen molar-refractivity contribution in [2.24, 2.45) is 5.92 Å². The van der Waals surface area contributed by atoms with Crippen LogP contribution >= 0.6 is 0 Å². The Morgan fingerprint density at radius 2 is 1.79 bits per heavy atom. The zero-order valence-electron chi connectivity index (χ0n) is 22.0. The summed E-state index contributed by atoms with van der Waals surface area (Å²) in [5, 5.41) is 23.8. The molecule has 4 atom stereocenters. The number of sulfonamides is 1. The average Bonchev–Trinajstić information content (AvgIpc) is 2.88. The van der Waals surface area contributed by atoms with E-state index in [9.17, 15) is 23.4 Å². The predicted molar refractivity (Wildman–Crippen MR) is 141 cm³/mol. The molecule has 1 heterocycles. The molecule has 10 nitrogen and oxygen atoms in total. The average molecular weight is 551 g/mol. The molecule has 38 heavy (non-hydrogen) atoms. The first-order valence-corrected chi connectivity index (χ1v) is 14.1. The predicted octanol–water partition coefficient (Wildman–Crippen LogP) is 2.19. The van der Waals surface area contributed by atoms with E-state index in [-0.39, 0.29) is 50.0 Å². The minimum absolute atomic E-state index is 0.0153. The number of nitrogens with zero attached hydrogens (tertiary/aromatic N) is 1. The van der Waals surface area contributed by atoms with Crippen molar-refractivity contribution >= 4 is 16.1 Å². The molecule has 3 rings (SSSR count). The highest BCUT2D eigenvalue weighted by atomic mass is 32.2. The van der Waals surface area contributed by atoms with Gasteiger partial charge in [-0.2, -0.15) is 4.31 Å². The van der Waals surface area contributed by atoms with Crippen LogP contribution in [0.25, 0.3) is 0 Å². The summed E-state index contributed by atoms with van der Waals surface area (Å²) in [6.45, 7) is 4.06. The Bertz CT molecular complexity index is 1110. The number of nitrogens with one attached hydrogen (secondary N) is 1. The maximum atomic E-state index is 13.5. The second kappa shape index (κ2) is 13.9. The van der Waals surface area contributed by atoms with Gasteiger partial charge in [-0.1, -0.05) is 44.2 Å². The van der Waals surface area contributed by atoms with E-state index >= 15 is 0 Å². The van der Waals surface area contributed by atoms with Crippen molar-refractivity contribution < 1.29 is 37.6 Å². The van der Waals surface area contributed by atoms with Gasteiger partial charge in [0.15, 0.2) is 0 Å². The van der Waals surface area contributed by atoms with Crippen molar-refractivity contribution in [2.45, 2.75) is 55.9 Å². The summed E-state index contributed by atoms with van der Waals surface area (Å²) in [7, 11) is -2.45. The van der Waals surface area contributed by atoms with Gasteiger partial charge in [0.25, 0.3) is 0 Å². The largest absolute Gasteiger partial charge is 0.497 e. The molecule has 0 aromatic heterocycles. The molecule has 0 saturated carbocycles. The number of aliphatic hydroxyl groups excluding tert-OH is 2. The Balaban J connectivity index is 1.79. The molecule has 3 N–H and O–H groups in total. The zero-order chi connectivity index (χ0) is 27.7. The fourth-order valence-corrected chi connectivity index (χ4v) is 5.88. The van der Waals surface area contributed by atoms with Gasteiger partial charge in [-0.25, -0.2) is 13.2 Å². The number of methoxy groups -OCH3 is 1. The number of amides is 1. The van der Waals surface area contributed by atoms with E-state index in [1.165, 1.54) is 23.5 Å². The summed E-state index contributed by atoms with van der Waals surface area (Å²) in [5.41, 5.74) is 0.849. The van der Waals surface area contributed by atoms with E-state index in [2.05, 4.69) is 5.32 Å². The van der Waals surface area contributed by atoms with Gasteiger partial charge in [0.2, 0.25) is 10.0 Å². The SMILES string of the molecule is COc1ccc(S(=O)(=O)N(CC(C)C)C[C@H](O)[C@@H](Cc2ccccc2)NC(=O)OC2COCC(O)C2)cc1. The van der Waals surface area contributed by atoms with Gasteiger partial charge in [0.1, 0.15) is 11.9 Å². The van der Waals surface area contributed by atoms with Gasteiger partial charge in [-0.3, -0.25) is 0 Å². The molecular weight excluding hydrogens is 512 g/mol. The second-order valence-electron chi connectivity index (χ2n) is 9.85. The highest BCUT2D eigenvalue weighted by molar-refractivity contribution is 7.89. The quantitative estimate of drug-likeness (QED) is 0.366. The summed E-state index contributed by atoms with van der Waals surface area (Å²) in [6, 6.07) is 14.5. The second-order valence-corrected chi connectivity index (χ2v) is 11.8. The number of carbonyl (C=O) groups is 1. The van der Waals surface area contributed by atoms with Crippen LogP contribution in [0.3, 0.4) is 0 Å². The number of rotatable bonds is 12. The lowest BCUT2D eigenvalue weighted by atomic mass is 10.0. The molecule has 11 heteroatoms. The number of ether oxygens (including phenoxy) is 3. The smallest absolute Gasteiger partial charge is 0.407 e. The lowest BCUT2D eigenvalue weighted by molar-refractivity contribution is -0.0761. The van der Waals surface area contributed by atoms with Crippen LogP contribution in [0.4, 0.5) is 4.79 Å². The lowest BCUT2D eigenvalue weighted by Gasteiger charge is -2.31. The summed E-state index contributed by atoms with van der Waals surface area (Å²) < 4.78 is 44.1. The standard InChI is InChI=1S/C27H38N2O8S/c1-19(2)15-29(38(33,34)24-11-9-22(35-3)10-12-24)16-26(31)25(13-20-7-5-4-6-8-20)28-27(32)37-23-14-21(30)17-36-18-23/h4-12,19,21,23,25-26,30-31H,13-18H2,1-3H3,(H,28,32)/t21?,23?,25-,26+/m1/s1. The number of aliphatic hydroxyl groups is 2. The maximum absolute atomic E-state index is 13.5. The van der Waals surface area contributed by atoms with E-state index < -0.39 is 40.5 Å². The Kier molecular flexibility index (Phi) is 10.9. The van der Waals surface area contributed by atoms with Gasteiger partial charge < -0.3 is 29.7 Å². The molecule has 210 valence electrons. The number of benzene rings is 2. The highest BCUT2D eigenvalue weighted by Gasteiger charge is 2.32. The third-order valence-corrected chi connectivity index (χ3v) is 7.99.